The Kier molecular flexibility index (Phi) is 7.68. The Hall–Kier alpha value is -3.30. The first-order chi connectivity index (χ1) is 16.0. The van der Waals surface area contributed by atoms with Crippen LogP contribution in [-0.2, 0) is 10.0 Å². The highest BCUT2D eigenvalue weighted by Crippen LogP contribution is 2.29. The molecule has 1 fully saturated rings. The van der Waals surface area contributed by atoms with Crippen molar-refractivity contribution in [2.24, 2.45) is 0 Å². The van der Waals surface area contributed by atoms with Gasteiger partial charge in [0, 0.05) is 17.3 Å². The van der Waals surface area contributed by atoms with Crippen molar-refractivity contribution in [3.8, 4) is 17.6 Å². The van der Waals surface area contributed by atoms with Gasteiger partial charge in [-0.15, -0.1) is 0 Å². The predicted molar refractivity (Wildman–Crippen MR) is 116 cm³/mol. The molecular weight excluding hydrogens is 475 g/mol. The lowest BCUT2D eigenvalue weighted by Crippen LogP contribution is -2.33. The van der Waals surface area contributed by atoms with E-state index in [0.29, 0.717) is 0 Å². The lowest BCUT2D eigenvalue weighted by atomic mass is 10.1. The van der Waals surface area contributed by atoms with Gasteiger partial charge in [-0.25, -0.2) is 13.1 Å². The third-order valence-electron chi connectivity index (χ3n) is 5.14. The maximum absolute atomic E-state index is 12.9. The highest BCUT2D eigenvalue weighted by atomic mass is 32.2. The molecule has 8 nitrogen and oxygen atoms in total. The average Bonchev–Trinajstić information content (AvgIpc) is 3.29. The van der Waals surface area contributed by atoms with E-state index in [1.165, 1.54) is 31.4 Å². The average molecular weight is 497 g/mol. The van der Waals surface area contributed by atoms with Crippen molar-refractivity contribution in [1.29, 1.82) is 5.26 Å². The number of methoxy groups -OCH3 is 1. The van der Waals surface area contributed by atoms with E-state index in [9.17, 15) is 31.6 Å². The van der Waals surface area contributed by atoms with Gasteiger partial charge in [0.1, 0.15) is 22.5 Å². The summed E-state index contributed by atoms with van der Waals surface area (Å²) in [5.41, 5.74) is -0.0884. The third kappa shape index (κ3) is 6.39. The molecule has 2 aromatic rings. The molecule has 0 unspecified atom stereocenters. The van der Waals surface area contributed by atoms with Gasteiger partial charge in [-0.05, 0) is 49.2 Å². The van der Waals surface area contributed by atoms with Crippen LogP contribution >= 0.6 is 0 Å². The molecule has 3 rings (SSSR count). The summed E-state index contributed by atoms with van der Waals surface area (Å²) < 4.78 is 75.4. The van der Waals surface area contributed by atoms with Crippen molar-refractivity contribution >= 4 is 21.6 Å². The fourth-order valence-electron chi connectivity index (χ4n) is 3.54. The number of rotatable bonds is 8. The van der Waals surface area contributed by atoms with Gasteiger partial charge in [-0.2, -0.15) is 18.4 Å². The molecule has 0 aliphatic heterocycles. The minimum atomic E-state index is -4.57. The van der Waals surface area contributed by atoms with Gasteiger partial charge in [0.2, 0.25) is 10.0 Å². The number of anilines is 1. The number of ether oxygens (including phenoxy) is 2. The van der Waals surface area contributed by atoms with Crippen molar-refractivity contribution in [1.82, 2.24) is 4.72 Å². The van der Waals surface area contributed by atoms with Crippen LogP contribution in [0.2, 0.25) is 0 Å². The highest BCUT2D eigenvalue weighted by Gasteiger charge is 2.29. The number of carbonyl (C=O) groups excluding carboxylic acids is 1. The molecule has 34 heavy (non-hydrogen) atoms. The zero-order valence-electron chi connectivity index (χ0n) is 18.1. The van der Waals surface area contributed by atoms with Gasteiger partial charge >= 0.3 is 6.18 Å². The van der Waals surface area contributed by atoms with Crippen LogP contribution in [0.15, 0.2) is 41.3 Å². The van der Waals surface area contributed by atoms with Crippen molar-refractivity contribution in [2.75, 3.05) is 19.0 Å². The second-order valence-electron chi connectivity index (χ2n) is 7.65. The van der Waals surface area contributed by atoms with Crippen LogP contribution in [0.1, 0.15) is 41.6 Å². The summed E-state index contributed by atoms with van der Waals surface area (Å²) in [5.74, 6) is -0.901. The third-order valence-corrected chi connectivity index (χ3v) is 6.68. The molecule has 1 aliphatic carbocycles. The van der Waals surface area contributed by atoms with E-state index in [2.05, 4.69) is 14.8 Å². The quantitative estimate of drug-likeness (QED) is 0.570. The lowest BCUT2D eigenvalue weighted by Gasteiger charge is -2.16. The molecule has 0 radical (unpaired) electrons. The number of nitrogens with zero attached hydrogens (tertiary/aromatic N) is 1. The zero-order chi connectivity index (χ0) is 24.9. The molecule has 182 valence electrons. The lowest BCUT2D eigenvalue weighted by molar-refractivity contribution is -0.153. The molecule has 1 aliphatic rings. The first-order valence-electron chi connectivity index (χ1n) is 10.3. The van der Waals surface area contributed by atoms with Gasteiger partial charge in [0.15, 0.2) is 6.61 Å². The fraction of sp³-hybridized carbons (Fsp3) is 0.364. The summed E-state index contributed by atoms with van der Waals surface area (Å²) in [5, 5.41) is 11.7. The van der Waals surface area contributed by atoms with Crippen molar-refractivity contribution in [2.45, 2.75) is 42.8 Å². The van der Waals surface area contributed by atoms with Crippen molar-refractivity contribution in [3.05, 3.63) is 47.5 Å². The Balaban J connectivity index is 1.81. The first kappa shape index (κ1) is 25.3. The van der Waals surface area contributed by atoms with Crippen LogP contribution in [-0.4, -0.2) is 40.3 Å². The second kappa shape index (κ2) is 10.3. The van der Waals surface area contributed by atoms with Crippen LogP contribution < -0.4 is 19.5 Å². The van der Waals surface area contributed by atoms with Crippen molar-refractivity contribution in [3.63, 3.8) is 0 Å². The Morgan fingerprint density at radius 3 is 2.44 bits per heavy atom. The number of benzene rings is 2. The molecule has 2 N–H and O–H groups in total. The van der Waals surface area contributed by atoms with Gasteiger partial charge in [-0.1, -0.05) is 12.8 Å². The molecule has 0 spiro atoms. The molecule has 12 heteroatoms. The highest BCUT2D eigenvalue weighted by molar-refractivity contribution is 7.89. The molecule has 0 bridgehead atoms. The molecule has 1 saturated carbocycles. The molecule has 0 saturated heterocycles. The van der Waals surface area contributed by atoms with Crippen LogP contribution in [0.4, 0.5) is 18.9 Å². The Labute approximate surface area is 194 Å². The van der Waals surface area contributed by atoms with Crippen LogP contribution in [0.5, 0.6) is 11.5 Å². The fourth-order valence-corrected chi connectivity index (χ4v) is 5.04. The van der Waals surface area contributed by atoms with Crippen LogP contribution in [0, 0.1) is 11.3 Å². The number of nitriles is 1. The van der Waals surface area contributed by atoms with Gasteiger partial charge in [0.25, 0.3) is 5.91 Å². The minimum Gasteiger partial charge on any atom is -0.495 e. The molecule has 0 aromatic heterocycles. The van der Waals surface area contributed by atoms with E-state index in [1.54, 1.807) is 6.07 Å². The van der Waals surface area contributed by atoms with E-state index in [0.717, 1.165) is 37.8 Å². The summed E-state index contributed by atoms with van der Waals surface area (Å²) >= 11 is 0. The molecular formula is C22H22F3N3O5S. The first-order valence-corrected chi connectivity index (χ1v) is 11.8. The standard InChI is InChI=1S/C22H22F3N3O5S/c1-32-19-8-6-14(11-20(19)34(30,31)28-16-4-2-3-5-16)21(29)27-17-7-9-18(15(10-17)12-26)33-13-22(23,24)25/h6-11,16,28H,2-5,13H2,1H3,(H,27,29). The SMILES string of the molecule is COc1ccc(C(=O)Nc2ccc(OCC(F)(F)F)c(C#N)c2)cc1S(=O)(=O)NC1CCCC1. The van der Waals surface area contributed by atoms with E-state index < -0.39 is 28.7 Å². The predicted octanol–water partition coefficient (Wildman–Crippen LogP) is 3.98. The number of hydrogen-bond acceptors (Lipinski definition) is 6. The molecule has 0 heterocycles. The number of amides is 1. The summed E-state index contributed by atoms with van der Waals surface area (Å²) in [7, 11) is -2.64. The van der Waals surface area contributed by atoms with Gasteiger partial charge in [0.05, 0.1) is 12.7 Å². The molecule has 2 aromatic carbocycles. The molecule has 0 atom stereocenters. The Bertz CT molecular complexity index is 1200. The number of hydrogen-bond donors (Lipinski definition) is 2. The number of sulfonamides is 1. The van der Waals surface area contributed by atoms with E-state index >= 15 is 0 Å². The Morgan fingerprint density at radius 2 is 1.82 bits per heavy atom. The Morgan fingerprint density at radius 1 is 1.15 bits per heavy atom. The van der Waals surface area contributed by atoms with E-state index in [-0.39, 0.29) is 39.3 Å². The number of alkyl halides is 3. The maximum Gasteiger partial charge on any atom is 0.422 e. The van der Waals surface area contributed by atoms with Gasteiger partial charge in [-0.3, -0.25) is 4.79 Å². The minimum absolute atomic E-state index is 0.00324. The zero-order valence-corrected chi connectivity index (χ0v) is 18.9. The monoisotopic (exact) mass is 497 g/mol. The largest absolute Gasteiger partial charge is 0.495 e. The normalized spacial score (nSPS) is 14.4. The topological polar surface area (TPSA) is 118 Å². The van der Waals surface area contributed by atoms with Crippen LogP contribution in [0.3, 0.4) is 0 Å². The van der Waals surface area contributed by atoms with Gasteiger partial charge < -0.3 is 14.8 Å². The summed E-state index contributed by atoms with van der Waals surface area (Å²) in [6.45, 7) is -1.56. The maximum atomic E-state index is 12.9. The number of nitrogens with one attached hydrogen (secondary N) is 2. The summed E-state index contributed by atoms with van der Waals surface area (Å²) in [6, 6.07) is 9.00. The second-order valence-corrected chi connectivity index (χ2v) is 9.33. The summed E-state index contributed by atoms with van der Waals surface area (Å²) in [6.07, 6.45) is -1.26. The van der Waals surface area contributed by atoms with Crippen LogP contribution in [0.25, 0.3) is 0 Å². The summed E-state index contributed by atoms with van der Waals surface area (Å²) in [4.78, 5) is 12.6. The number of carbonyl (C=O) groups is 1. The smallest absolute Gasteiger partial charge is 0.422 e. The molecule has 1 amide bonds. The van der Waals surface area contributed by atoms with E-state index in [1.807, 2.05) is 0 Å². The van der Waals surface area contributed by atoms with Crippen molar-refractivity contribution < 1.29 is 35.9 Å². The van der Waals surface area contributed by atoms with E-state index in [4.69, 9.17) is 4.74 Å². The number of halogens is 3.